The quantitative estimate of drug-likeness (QED) is 0.547. The molecule has 0 aliphatic heterocycles. The molecule has 1 atom stereocenters. The molecule has 178 valence electrons. The Morgan fingerprint density at radius 3 is 2.53 bits per heavy atom. The standard InChI is InChI=1S/C26H30N4O4/c1-16-13-17(2)28-23-22(16)25(32)30(15-27-23)21(14-18-7-5-4-6-8-18)24(31)29-20-11-9-19(10-12-20)26(33)34-3/h9-13,15,18,21H,4-8,14H2,1-3H3,(H,29,31). The molecule has 8 heteroatoms. The Morgan fingerprint density at radius 2 is 1.85 bits per heavy atom. The van der Waals surface area contributed by atoms with Crippen molar-refractivity contribution in [2.75, 3.05) is 12.4 Å². The lowest BCUT2D eigenvalue weighted by atomic mass is 9.84. The third kappa shape index (κ3) is 5.00. The predicted octanol–water partition coefficient (Wildman–Crippen LogP) is 4.35. The van der Waals surface area contributed by atoms with Crippen LogP contribution in [0.5, 0.6) is 0 Å². The van der Waals surface area contributed by atoms with Crippen LogP contribution in [-0.2, 0) is 9.53 Å². The number of esters is 1. The number of hydrogen-bond donors (Lipinski definition) is 1. The highest BCUT2D eigenvalue weighted by Gasteiger charge is 2.28. The third-order valence-corrected chi connectivity index (χ3v) is 6.57. The predicted molar refractivity (Wildman–Crippen MR) is 130 cm³/mol. The summed E-state index contributed by atoms with van der Waals surface area (Å²) in [5, 5.41) is 3.36. The number of amides is 1. The summed E-state index contributed by atoms with van der Waals surface area (Å²) in [6.45, 7) is 3.73. The second-order valence-electron chi connectivity index (χ2n) is 9.05. The fraction of sp³-hybridized carbons (Fsp3) is 0.423. The first-order chi connectivity index (χ1) is 16.4. The van der Waals surface area contributed by atoms with Crippen LogP contribution in [0.25, 0.3) is 11.0 Å². The summed E-state index contributed by atoms with van der Waals surface area (Å²) < 4.78 is 6.18. The van der Waals surface area contributed by atoms with Crippen LogP contribution in [0, 0.1) is 19.8 Å². The van der Waals surface area contributed by atoms with Gasteiger partial charge in [0.2, 0.25) is 5.91 Å². The van der Waals surface area contributed by atoms with Crippen LogP contribution >= 0.6 is 0 Å². The molecule has 1 amide bonds. The van der Waals surface area contributed by atoms with E-state index in [1.54, 1.807) is 24.3 Å². The van der Waals surface area contributed by atoms with Gasteiger partial charge in [-0.15, -0.1) is 0 Å². The Hall–Kier alpha value is -3.55. The Kier molecular flexibility index (Phi) is 7.05. The van der Waals surface area contributed by atoms with Gasteiger partial charge in [-0.05, 0) is 62.1 Å². The number of fused-ring (bicyclic) bond motifs is 1. The number of aromatic nitrogens is 3. The van der Waals surface area contributed by atoms with E-state index in [1.807, 2.05) is 19.9 Å². The van der Waals surface area contributed by atoms with Gasteiger partial charge in [-0.2, -0.15) is 0 Å². The van der Waals surface area contributed by atoms with E-state index < -0.39 is 12.0 Å². The zero-order valence-corrected chi connectivity index (χ0v) is 19.8. The largest absolute Gasteiger partial charge is 0.465 e. The summed E-state index contributed by atoms with van der Waals surface area (Å²) in [6, 6.07) is 7.65. The first kappa shape index (κ1) is 23.6. The Morgan fingerprint density at radius 1 is 1.15 bits per heavy atom. The van der Waals surface area contributed by atoms with Crippen molar-refractivity contribution >= 4 is 28.6 Å². The minimum absolute atomic E-state index is 0.257. The summed E-state index contributed by atoms with van der Waals surface area (Å²) >= 11 is 0. The van der Waals surface area contributed by atoms with Gasteiger partial charge in [0.1, 0.15) is 12.4 Å². The molecule has 2 aromatic heterocycles. The second kappa shape index (κ2) is 10.2. The van der Waals surface area contributed by atoms with Crippen LogP contribution in [0.3, 0.4) is 0 Å². The smallest absolute Gasteiger partial charge is 0.337 e. The number of pyridine rings is 1. The lowest BCUT2D eigenvalue weighted by Crippen LogP contribution is -2.35. The maximum Gasteiger partial charge on any atom is 0.337 e. The van der Waals surface area contributed by atoms with Crippen LogP contribution in [0.4, 0.5) is 5.69 Å². The fourth-order valence-corrected chi connectivity index (χ4v) is 4.81. The van der Waals surface area contributed by atoms with Gasteiger partial charge < -0.3 is 10.1 Å². The van der Waals surface area contributed by atoms with Crippen LogP contribution in [0.2, 0.25) is 0 Å². The number of carbonyl (C=O) groups excluding carboxylic acids is 2. The van der Waals surface area contributed by atoms with Crippen LogP contribution in [0.1, 0.15) is 66.2 Å². The van der Waals surface area contributed by atoms with E-state index in [1.165, 1.54) is 24.4 Å². The van der Waals surface area contributed by atoms with Crippen LogP contribution < -0.4 is 10.9 Å². The van der Waals surface area contributed by atoms with Crippen LogP contribution in [-0.4, -0.2) is 33.5 Å². The number of nitrogens with one attached hydrogen (secondary N) is 1. The molecule has 0 bridgehead atoms. The third-order valence-electron chi connectivity index (χ3n) is 6.57. The SMILES string of the molecule is COC(=O)c1ccc(NC(=O)C(CC2CCCCC2)n2cnc3nc(C)cc(C)c3c2=O)cc1. The molecule has 0 radical (unpaired) electrons. The number of ether oxygens (including phenoxy) is 1. The Balaban J connectivity index is 1.68. The Labute approximate surface area is 198 Å². The molecule has 1 unspecified atom stereocenters. The maximum atomic E-state index is 13.5. The van der Waals surface area contributed by atoms with E-state index in [-0.39, 0.29) is 11.5 Å². The van der Waals surface area contributed by atoms with E-state index >= 15 is 0 Å². The molecule has 1 aliphatic carbocycles. The minimum Gasteiger partial charge on any atom is -0.465 e. The van der Waals surface area contributed by atoms with E-state index in [9.17, 15) is 14.4 Å². The van der Waals surface area contributed by atoms with E-state index in [0.29, 0.717) is 34.6 Å². The number of rotatable bonds is 6. The second-order valence-corrected chi connectivity index (χ2v) is 9.05. The van der Waals surface area contributed by atoms with Gasteiger partial charge in [0.25, 0.3) is 5.56 Å². The molecule has 0 spiro atoms. The van der Waals surface area contributed by atoms with E-state index in [4.69, 9.17) is 4.74 Å². The molecule has 1 fully saturated rings. The first-order valence-corrected chi connectivity index (χ1v) is 11.7. The molecule has 0 saturated heterocycles. The van der Waals surface area contributed by atoms with Gasteiger partial charge in [-0.1, -0.05) is 32.1 Å². The van der Waals surface area contributed by atoms with Crippen LogP contribution in [0.15, 0.2) is 41.5 Å². The van der Waals surface area contributed by atoms with Gasteiger partial charge in [0.05, 0.1) is 18.1 Å². The summed E-state index contributed by atoms with van der Waals surface area (Å²) in [4.78, 5) is 47.5. The summed E-state index contributed by atoms with van der Waals surface area (Å²) in [7, 11) is 1.32. The lowest BCUT2D eigenvalue weighted by molar-refractivity contribution is -0.120. The lowest BCUT2D eigenvalue weighted by Gasteiger charge is -2.27. The average Bonchev–Trinajstić information content (AvgIpc) is 2.83. The van der Waals surface area contributed by atoms with E-state index in [2.05, 4.69) is 15.3 Å². The highest BCUT2D eigenvalue weighted by Crippen LogP contribution is 2.31. The number of nitrogens with zero attached hydrogens (tertiary/aromatic N) is 3. The zero-order chi connectivity index (χ0) is 24.2. The highest BCUT2D eigenvalue weighted by atomic mass is 16.5. The first-order valence-electron chi connectivity index (χ1n) is 11.7. The molecule has 34 heavy (non-hydrogen) atoms. The number of benzene rings is 1. The van der Waals surface area contributed by atoms with Gasteiger partial charge >= 0.3 is 5.97 Å². The molecular weight excluding hydrogens is 432 g/mol. The van der Waals surface area contributed by atoms with Crippen molar-refractivity contribution in [2.24, 2.45) is 5.92 Å². The van der Waals surface area contributed by atoms with Crippen molar-refractivity contribution in [1.29, 1.82) is 0 Å². The Bertz CT molecular complexity index is 1260. The van der Waals surface area contributed by atoms with Crippen molar-refractivity contribution < 1.29 is 14.3 Å². The number of aryl methyl sites for hydroxylation is 2. The van der Waals surface area contributed by atoms with Crippen molar-refractivity contribution in [1.82, 2.24) is 14.5 Å². The van der Waals surface area contributed by atoms with Crippen molar-refractivity contribution in [3.05, 3.63) is 63.8 Å². The normalized spacial score (nSPS) is 15.1. The molecule has 2 heterocycles. The summed E-state index contributed by atoms with van der Waals surface area (Å²) in [6.07, 6.45) is 7.60. The van der Waals surface area contributed by atoms with Gasteiger partial charge in [-0.3, -0.25) is 14.2 Å². The molecule has 1 N–H and O–H groups in total. The topological polar surface area (TPSA) is 103 Å². The molecule has 4 rings (SSSR count). The number of hydrogen-bond acceptors (Lipinski definition) is 6. The van der Waals surface area contributed by atoms with Gasteiger partial charge in [0, 0.05) is 11.4 Å². The monoisotopic (exact) mass is 462 g/mol. The molecule has 1 saturated carbocycles. The molecular formula is C26H30N4O4. The minimum atomic E-state index is -0.700. The summed E-state index contributed by atoms with van der Waals surface area (Å²) in [5.74, 6) is -0.357. The maximum absolute atomic E-state index is 13.5. The van der Waals surface area contributed by atoms with E-state index in [0.717, 1.165) is 36.9 Å². The zero-order valence-electron chi connectivity index (χ0n) is 19.8. The molecule has 8 nitrogen and oxygen atoms in total. The van der Waals surface area contributed by atoms with Crippen molar-refractivity contribution in [2.45, 2.75) is 58.4 Å². The van der Waals surface area contributed by atoms with Gasteiger partial charge in [-0.25, -0.2) is 14.8 Å². The number of anilines is 1. The highest BCUT2D eigenvalue weighted by molar-refractivity contribution is 5.95. The molecule has 1 aliphatic rings. The number of methoxy groups -OCH3 is 1. The van der Waals surface area contributed by atoms with Crippen molar-refractivity contribution in [3.8, 4) is 0 Å². The van der Waals surface area contributed by atoms with Crippen molar-refractivity contribution in [3.63, 3.8) is 0 Å². The average molecular weight is 463 g/mol. The fourth-order valence-electron chi connectivity index (χ4n) is 4.81. The summed E-state index contributed by atoms with van der Waals surface area (Å²) in [5.41, 5.74) is 2.67. The van der Waals surface area contributed by atoms with Gasteiger partial charge in [0.15, 0.2) is 5.65 Å². The molecule has 1 aromatic carbocycles. The number of carbonyl (C=O) groups is 2. The molecule has 3 aromatic rings.